The second-order valence-corrected chi connectivity index (χ2v) is 4.83. The Kier molecular flexibility index (Phi) is 7.21. The fourth-order valence-corrected chi connectivity index (χ4v) is 1.93. The summed E-state index contributed by atoms with van der Waals surface area (Å²) in [5.41, 5.74) is 0. The van der Waals surface area contributed by atoms with E-state index in [-0.39, 0.29) is 11.9 Å². The lowest BCUT2D eigenvalue weighted by Crippen LogP contribution is -2.44. The molecule has 1 rings (SSSR count). The number of hydrogen-bond donors (Lipinski definition) is 2. The lowest BCUT2D eigenvalue weighted by Gasteiger charge is -2.24. The molecule has 1 aliphatic heterocycles. The van der Waals surface area contributed by atoms with Crippen molar-refractivity contribution in [1.82, 2.24) is 10.6 Å². The van der Waals surface area contributed by atoms with Crippen molar-refractivity contribution in [2.45, 2.75) is 45.6 Å². The first-order chi connectivity index (χ1) is 8.24. The van der Waals surface area contributed by atoms with Gasteiger partial charge in [-0.2, -0.15) is 0 Å². The van der Waals surface area contributed by atoms with Crippen molar-refractivity contribution < 1.29 is 9.53 Å². The second kappa shape index (κ2) is 8.48. The first-order valence-electron chi connectivity index (χ1n) is 6.83. The standard InChI is InChI=1S/C13H26N2O2/c1-3-4-7-14-13(16)11(2)15-10-12-5-8-17-9-6-12/h11-12,15H,3-10H2,1-2H3,(H,14,16). The molecule has 1 heterocycles. The third-order valence-corrected chi connectivity index (χ3v) is 3.28. The van der Waals surface area contributed by atoms with E-state index in [0.29, 0.717) is 5.92 Å². The molecule has 0 aromatic rings. The van der Waals surface area contributed by atoms with E-state index in [1.165, 1.54) is 0 Å². The molecular weight excluding hydrogens is 216 g/mol. The van der Waals surface area contributed by atoms with Crippen LogP contribution in [0, 0.1) is 5.92 Å². The van der Waals surface area contributed by atoms with Crippen LogP contribution in [-0.4, -0.2) is 38.3 Å². The van der Waals surface area contributed by atoms with Crippen molar-refractivity contribution in [3.63, 3.8) is 0 Å². The lowest BCUT2D eigenvalue weighted by molar-refractivity contribution is -0.122. The topological polar surface area (TPSA) is 50.4 Å². The van der Waals surface area contributed by atoms with Crippen LogP contribution < -0.4 is 10.6 Å². The van der Waals surface area contributed by atoms with E-state index < -0.39 is 0 Å². The molecule has 1 atom stereocenters. The minimum absolute atomic E-state index is 0.0882. The summed E-state index contributed by atoms with van der Waals surface area (Å²) in [5.74, 6) is 0.778. The zero-order valence-electron chi connectivity index (χ0n) is 11.1. The monoisotopic (exact) mass is 242 g/mol. The Morgan fingerprint density at radius 3 is 2.76 bits per heavy atom. The minimum atomic E-state index is -0.0882. The van der Waals surface area contributed by atoms with Gasteiger partial charge >= 0.3 is 0 Å². The van der Waals surface area contributed by atoms with Crippen LogP contribution >= 0.6 is 0 Å². The molecule has 1 saturated heterocycles. The van der Waals surface area contributed by atoms with E-state index in [1.807, 2.05) is 6.92 Å². The van der Waals surface area contributed by atoms with E-state index in [4.69, 9.17) is 4.74 Å². The van der Waals surface area contributed by atoms with Gasteiger partial charge in [-0.25, -0.2) is 0 Å². The molecule has 0 saturated carbocycles. The Bertz CT molecular complexity index is 215. The molecule has 1 amide bonds. The quantitative estimate of drug-likeness (QED) is 0.662. The van der Waals surface area contributed by atoms with Crippen molar-refractivity contribution in [2.75, 3.05) is 26.3 Å². The summed E-state index contributed by atoms with van der Waals surface area (Å²) in [4.78, 5) is 11.7. The van der Waals surface area contributed by atoms with Crippen LogP contribution in [0.25, 0.3) is 0 Å². The summed E-state index contributed by atoms with van der Waals surface area (Å²) in [7, 11) is 0. The van der Waals surface area contributed by atoms with E-state index in [0.717, 1.165) is 52.0 Å². The molecule has 17 heavy (non-hydrogen) atoms. The van der Waals surface area contributed by atoms with Crippen LogP contribution in [0.1, 0.15) is 39.5 Å². The number of amides is 1. The lowest BCUT2D eigenvalue weighted by atomic mass is 10.00. The molecular formula is C13H26N2O2. The number of carbonyl (C=O) groups excluding carboxylic acids is 1. The number of carbonyl (C=O) groups is 1. The van der Waals surface area contributed by atoms with E-state index in [1.54, 1.807) is 0 Å². The number of unbranched alkanes of at least 4 members (excludes halogenated alkanes) is 1. The fraction of sp³-hybridized carbons (Fsp3) is 0.923. The van der Waals surface area contributed by atoms with Gasteiger partial charge in [-0.15, -0.1) is 0 Å². The van der Waals surface area contributed by atoms with Crippen LogP contribution in [0.3, 0.4) is 0 Å². The Hall–Kier alpha value is -0.610. The van der Waals surface area contributed by atoms with Crippen LogP contribution in [0.2, 0.25) is 0 Å². The van der Waals surface area contributed by atoms with Crippen molar-refractivity contribution in [3.05, 3.63) is 0 Å². The summed E-state index contributed by atoms with van der Waals surface area (Å²) in [5, 5.41) is 6.26. The van der Waals surface area contributed by atoms with Gasteiger partial charge in [-0.1, -0.05) is 13.3 Å². The predicted octanol–water partition coefficient (Wildman–Crippen LogP) is 1.31. The van der Waals surface area contributed by atoms with Crippen molar-refractivity contribution >= 4 is 5.91 Å². The molecule has 0 radical (unpaired) electrons. The highest BCUT2D eigenvalue weighted by atomic mass is 16.5. The molecule has 0 aliphatic carbocycles. The average Bonchev–Trinajstić information content (AvgIpc) is 2.37. The van der Waals surface area contributed by atoms with Gasteiger partial charge in [0, 0.05) is 19.8 Å². The highest BCUT2D eigenvalue weighted by Crippen LogP contribution is 2.13. The Labute approximate surface area is 104 Å². The van der Waals surface area contributed by atoms with Crippen molar-refractivity contribution in [3.8, 4) is 0 Å². The number of rotatable bonds is 7. The second-order valence-electron chi connectivity index (χ2n) is 4.83. The molecule has 1 unspecified atom stereocenters. The summed E-state index contributed by atoms with van der Waals surface area (Å²) in [6, 6.07) is -0.0882. The zero-order valence-corrected chi connectivity index (χ0v) is 11.1. The molecule has 0 spiro atoms. The molecule has 0 aromatic carbocycles. The smallest absolute Gasteiger partial charge is 0.236 e. The first-order valence-corrected chi connectivity index (χ1v) is 6.83. The summed E-state index contributed by atoms with van der Waals surface area (Å²) in [6.45, 7) is 7.50. The van der Waals surface area contributed by atoms with Crippen LogP contribution in [-0.2, 0) is 9.53 Å². The van der Waals surface area contributed by atoms with Gasteiger partial charge in [-0.05, 0) is 38.6 Å². The zero-order chi connectivity index (χ0) is 12.5. The molecule has 4 nitrogen and oxygen atoms in total. The first kappa shape index (κ1) is 14.5. The maximum atomic E-state index is 11.7. The van der Waals surface area contributed by atoms with Gasteiger partial charge in [0.1, 0.15) is 0 Å². The van der Waals surface area contributed by atoms with E-state index in [2.05, 4.69) is 17.6 Å². The normalized spacial score (nSPS) is 18.9. The van der Waals surface area contributed by atoms with Gasteiger partial charge in [0.15, 0.2) is 0 Å². The highest BCUT2D eigenvalue weighted by molar-refractivity contribution is 5.81. The van der Waals surface area contributed by atoms with Crippen LogP contribution in [0.5, 0.6) is 0 Å². The summed E-state index contributed by atoms with van der Waals surface area (Å²) < 4.78 is 5.31. The molecule has 4 heteroatoms. The Morgan fingerprint density at radius 1 is 1.41 bits per heavy atom. The molecule has 2 N–H and O–H groups in total. The summed E-state index contributed by atoms with van der Waals surface area (Å²) in [6.07, 6.45) is 4.39. The Morgan fingerprint density at radius 2 is 2.12 bits per heavy atom. The maximum Gasteiger partial charge on any atom is 0.236 e. The Balaban J connectivity index is 2.10. The fourth-order valence-electron chi connectivity index (χ4n) is 1.93. The van der Waals surface area contributed by atoms with Gasteiger partial charge in [0.2, 0.25) is 5.91 Å². The predicted molar refractivity (Wildman–Crippen MR) is 68.9 cm³/mol. The summed E-state index contributed by atoms with van der Waals surface area (Å²) >= 11 is 0. The van der Waals surface area contributed by atoms with Gasteiger partial charge in [0.25, 0.3) is 0 Å². The molecule has 0 aromatic heterocycles. The molecule has 0 bridgehead atoms. The third-order valence-electron chi connectivity index (χ3n) is 3.28. The van der Waals surface area contributed by atoms with E-state index in [9.17, 15) is 4.79 Å². The van der Waals surface area contributed by atoms with Crippen molar-refractivity contribution in [1.29, 1.82) is 0 Å². The molecule has 100 valence electrons. The number of ether oxygens (including phenoxy) is 1. The number of hydrogen-bond acceptors (Lipinski definition) is 3. The van der Waals surface area contributed by atoms with Crippen LogP contribution in [0.4, 0.5) is 0 Å². The van der Waals surface area contributed by atoms with Crippen LogP contribution in [0.15, 0.2) is 0 Å². The molecule has 1 fully saturated rings. The van der Waals surface area contributed by atoms with Crippen molar-refractivity contribution in [2.24, 2.45) is 5.92 Å². The van der Waals surface area contributed by atoms with Gasteiger partial charge in [-0.3, -0.25) is 4.79 Å². The number of nitrogens with one attached hydrogen (secondary N) is 2. The SMILES string of the molecule is CCCCNC(=O)C(C)NCC1CCOCC1. The van der Waals surface area contributed by atoms with E-state index >= 15 is 0 Å². The third kappa shape index (κ3) is 6.03. The highest BCUT2D eigenvalue weighted by Gasteiger charge is 2.17. The maximum absolute atomic E-state index is 11.7. The minimum Gasteiger partial charge on any atom is -0.381 e. The largest absolute Gasteiger partial charge is 0.381 e. The average molecular weight is 242 g/mol. The van der Waals surface area contributed by atoms with Gasteiger partial charge in [0.05, 0.1) is 6.04 Å². The molecule has 1 aliphatic rings. The van der Waals surface area contributed by atoms with Gasteiger partial charge < -0.3 is 15.4 Å².